The Morgan fingerprint density at radius 1 is 1.47 bits per heavy atom. The highest BCUT2D eigenvalue weighted by molar-refractivity contribution is 5.79. The first-order valence-electron chi connectivity index (χ1n) is 5.60. The molecule has 1 unspecified atom stereocenters. The molecule has 0 saturated carbocycles. The van der Waals surface area contributed by atoms with Crippen molar-refractivity contribution in [2.45, 2.75) is 18.9 Å². The molecule has 0 aromatic heterocycles. The average molecular weight is 210 g/mol. The molecule has 0 bridgehead atoms. The lowest BCUT2D eigenvalue weighted by molar-refractivity contribution is -0.124. The summed E-state index contributed by atoms with van der Waals surface area (Å²) in [5, 5.41) is 6.28. The molecule has 1 aliphatic carbocycles. The second kappa shape index (κ2) is 5.28. The van der Waals surface area contributed by atoms with E-state index in [0.29, 0.717) is 13.2 Å². The zero-order valence-corrected chi connectivity index (χ0v) is 8.87. The van der Waals surface area contributed by atoms with Gasteiger partial charge < -0.3 is 15.4 Å². The predicted octanol–water partition coefficient (Wildman–Crippen LogP) is 0.0572. The molecule has 84 valence electrons. The second-order valence-corrected chi connectivity index (χ2v) is 4.11. The first kappa shape index (κ1) is 10.6. The summed E-state index contributed by atoms with van der Waals surface area (Å²) in [5.74, 6) is 0.335. The van der Waals surface area contributed by atoms with Crippen molar-refractivity contribution in [2.75, 3.05) is 26.3 Å². The van der Waals surface area contributed by atoms with Crippen molar-refractivity contribution in [1.29, 1.82) is 0 Å². The summed E-state index contributed by atoms with van der Waals surface area (Å²) in [5.41, 5.74) is 0. The number of rotatable bonds is 3. The Hall–Kier alpha value is -0.870. The molecule has 1 amide bonds. The number of morpholine rings is 1. The Balaban J connectivity index is 1.65. The summed E-state index contributed by atoms with van der Waals surface area (Å²) in [6.45, 7) is 3.03. The molecule has 1 fully saturated rings. The highest BCUT2D eigenvalue weighted by Gasteiger charge is 2.20. The third-order valence-corrected chi connectivity index (χ3v) is 2.90. The van der Waals surface area contributed by atoms with Crippen molar-refractivity contribution in [2.24, 2.45) is 5.92 Å². The Bertz CT molecular complexity index is 239. The van der Waals surface area contributed by atoms with Gasteiger partial charge in [0, 0.05) is 25.0 Å². The molecular weight excluding hydrogens is 192 g/mol. The van der Waals surface area contributed by atoms with Crippen molar-refractivity contribution in [3.05, 3.63) is 12.2 Å². The van der Waals surface area contributed by atoms with Gasteiger partial charge in [0.15, 0.2) is 0 Å². The van der Waals surface area contributed by atoms with Crippen LogP contribution in [-0.2, 0) is 9.53 Å². The lowest BCUT2D eigenvalue weighted by atomic mass is 10.1. The molecule has 0 aromatic carbocycles. The van der Waals surface area contributed by atoms with E-state index < -0.39 is 0 Å². The molecular formula is C11H18N2O2. The Morgan fingerprint density at radius 2 is 2.27 bits per heavy atom. The van der Waals surface area contributed by atoms with Crippen LogP contribution in [0.4, 0.5) is 0 Å². The van der Waals surface area contributed by atoms with Gasteiger partial charge in [-0.15, -0.1) is 0 Å². The molecule has 2 N–H and O–H groups in total. The van der Waals surface area contributed by atoms with Crippen LogP contribution in [0, 0.1) is 5.92 Å². The van der Waals surface area contributed by atoms with Gasteiger partial charge >= 0.3 is 0 Å². The van der Waals surface area contributed by atoms with Crippen LogP contribution in [-0.4, -0.2) is 38.3 Å². The molecule has 0 radical (unpaired) electrons. The topological polar surface area (TPSA) is 50.4 Å². The van der Waals surface area contributed by atoms with E-state index >= 15 is 0 Å². The van der Waals surface area contributed by atoms with Crippen LogP contribution in [0.3, 0.4) is 0 Å². The maximum absolute atomic E-state index is 11.7. The van der Waals surface area contributed by atoms with Crippen LogP contribution < -0.4 is 10.6 Å². The van der Waals surface area contributed by atoms with E-state index in [-0.39, 0.29) is 17.9 Å². The van der Waals surface area contributed by atoms with Crippen molar-refractivity contribution in [3.8, 4) is 0 Å². The normalized spacial score (nSPS) is 26.8. The van der Waals surface area contributed by atoms with Gasteiger partial charge in [-0.2, -0.15) is 0 Å². The van der Waals surface area contributed by atoms with E-state index in [1.165, 1.54) is 0 Å². The van der Waals surface area contributed by atoms with Gasteiger partial charge in [0.2, 0.25) is 5.91 Å². The highest BCUT2D eigenvalue weighted by atomic mass is 16.5. The van der Waals surface area contributed by atoms with Crippen molar-refractivity contribution < 1.29 is 9.53 Å². The summed E-state index contributed by atoms with van der Waals surface area (Å²) < 4.78 is 5.31. The van der Waals surface area contributed by atoms with Gasteiger partial charge in [-0.25, -0.2) is 0 Å². The van der Waals surface area contributed by atoms with Crippen molar-refractivity contribution in [3.63, 3.8) is 0 Å². The molecule has 15 heavy (non-hydrogen) atoms. The molecule has 2 aliphatic rings. The van der Waals surface area contributed by atoms with E-state index in [4.69, 9.17) is 4.74 Å². The molecule has 1 aliphatic heterocycles. The van der Waals surface area contributed by atoms with Gasteiger partial charge in [0.05, 0.1) is 13.2 Å². The summed E-state index contributed by atoms with van der Waals surface area (Å²) in [6, 6.07) is 0.275. The van der Waals surface area contributed by atoms with Crippen LogP contribution in [0.2, 0.25) is 0 Å². The smallest absolute Gasteiger partial charge is 0.223 e. The van der Waals surface area contributed by atoms with Crippen LogP contribution in [0.5, 0.6) is 0 Å². The number of hydrogen-bond acceptors (Lipinski definition) is 3. The van der Waals surface area contributed by atoms with E-state index in [9.17, 15) is 4.79 Å². The predicted molar refractivity (Wildman–Crippen MR) is 57.5 cm³/mol. The molecule has 4 heteroatoms. The molecule has 0 aromatic rings. The molecule has 0 spiro atoms. The van der Waals surface area contributed by atoms with E-state index in [1.807, 2.05) is 0 Å². The summed E-state index contributed by atoms with van der Waals surface area (Å²) in [6.07, 6.45) is 5.93. The lowest BCUT2D eigenvalue weighted by Gasteiger charge is -2.24. The third-order valence-electron chi connectivity index (χ3n) is 2.90. The van der Waals surface area contributed by atoms with E-state index in [2.05, 4.69) is 22.8 Å². The van der Waals surface area contributed by atoms with Crippen LogP contribution in [0.15, 0.2) is 12.2 Å². The average Bonchev–Trinajstić information content (AvgIpc) is 2.81. The first-order valence-corrected chi connectivity index (χ1v) is 5.60. The molecule has 1 saturated heterocycles. The maximum Gasteiger partial charge on any atom is 0.223 e. The van der Waals surface area contributed by atoms with E-state index in [0.717, 1.165) is 26.0 Å². The van der Waals surface area contributed by atoms with Crippen molar-refractivity contribution >= 4 is 5.91 Å². The summed E-state index contributed by atoms with van der Waals surface area (Å²) >= 11 is 0. The number of amides is 1. The minimum absolute atomic E-state index is 0.162. The standard InChI is InChI=1S/C11H18N2O2/c14-11(9-3-1-2-4-9)13-7-10-8-15-6-5-12-10/h1-2,9-10,12H,3-8H2,(H,13,14). The van der Waals surface area contributed by atoms with Crippen LogP contribution in [0.25, 0.3) is 0 Å². The summed E-state index contributed by atoms with van der Waals surface area (Å²) in [4.78, 5) is 11.7. The van der Waals surface area contributed by atoms with Gasteiger partial charge in [0.1, 0.15) is 0 Å². The number of carbonyl (C=O) groups is 1. The number of carbonyl (C=O) groups excluding carboxylic acids is 1. The van der Waals surface area contributed by atoms with Crippen molar-refractivity contribution in [1.82, 2.24) is 10.6 Å². The van der Waals surface area contributed by atoms with Gasteiger partial charge in [0.25, 0.3) is 0 Å². The van der Waals surface area contributed by atoms with Gasteiger partial charge in [-0.3, -0.25) is 4.79 Å². The number of hydrogen-bond donors (Lipinski definition) is 2. The third kappa shape index (κ3) is 3.04. The van der Waals surface area contributed by atoms with Gasteiger partial charge in [-0.1, -0.05) is 12.2 Å². The molecule has 1 atom stereocenters. The first-order chi connectivity index (χ1) is 7.36. The zero-order valence-electron chi connectivity index (χ0n) is 8.87. The number of allylic oxidation sites excluding steroid dienone is 2. The Labute approximate surface area is 90.1 Å². The monoisotopic (exact) mass is 210 g/mol. The SMILES string of the molecule is O=C(NCC1COCCN1)C1CC=CC1. The minimum Gasteiger partial charge on any atom is -0.378 e. The highest BCUT2D eigenvalue weighted by Crippen LogP contribution is 2.17. The zero-order chi connectivity index (χ0) is 10.5. The quantitative estimate of drug-likeness (QED) is 0.647. The fraction of sp³-hybridized carbons (Fsp3) is 0.727. The Kier molecular flexibility index (Phi) is 3.75. The lowest BCUT2D eigenvalue weighted by Crippen LogP contribution is -2.49. The summed E-state index contributed by atoms with van der Waals surface area (Å²) in [7, 11) is 0. The largest absolute Gasteiger partial charge is 0.378 e. The van der Waals surface area contributed by atoms with Gasteiger partial charge in [-0.05, 0) is 12.8 Å². The molecule has 1 heterocycles. The fourth-order valence-corrected chi connectivity index (χ4v) is 1.95. The number of nitrogens with one attached hydrogen (secondary N) is 2. The Morgan fingerprint density at radius 3 is 2.93 bits per heavy atom. The second-order valence-electron chi connectivity index (χ2n) is 4.11. The van der Waals surface area contributed by atoms with Crippen LogP contribution in [0.1, 0.15) is 12.8 Å². The molecule has 2 rings (SSSR count). The maximum atomic E-state index is 11.7. The minimum atomic E-state index is 0.162. The fourth-order valence-electron chi connectivity index (χ4n) is 1.95. The van der Waals surface area contributed by atoms with E-state index in [1.54, 1.807) is 0 Å². The van der Waals surface area contributed by atoms with Crippen LogP contribution >= 0.6 is 0 Å². The molecule has 4 nitrogen and oxygen atoms in total. The number of ether oxygens (including phenoxy) is 1.